The number of anilines is 2. The van der Waals surface area contributed by atoms with E-state index in [9.17, 15) is 4.79 Å². The molecule has 2 aromatic heterocycles. The zero-order valence-electron chi connectivity index (χ0n) is 15.0. The van der Waals surface area contributed by atoms with Crippen LogP contribution in [0.1, 0.15) is 37.3 Å². The summed E-state index contributed by atoms with van der Waals surface area (Å²) in [5.74, 6) is 0.388. The number of rotatable bonds is 3. The number of nitrogen functional groups attached to an aromatic ring is 1. The van der Waals surface area contributed by atoms with E-state index in [1.54, 1.807) is 6.33 Å². The van der Waals surface area contributed by atoms with Crippen molar-refractivity contribution in [3.05, 3.63) is 41.4 Å². The Morgan fingerprint density at radius 2 is 2.04 bits per heavy atom. The highest BCUT2D eigenvalue weighted by atomic mass is 35.5. The molecular formula is C19H21ClN6O. The van der Waals surface area contributed by atoms with Gasteiger partial charge in [-0.3, -0.25) is 4.79 Å². The molecule has 1 saturated carbocycles. The highest BCUT2D eigenvalue weighted by Crippen LogP contribution is 2.35. The van der Waals surface area contributed by atoms with Gasteiger partial charge in [0, 0.05) is 17.6 Å². The van der Waals surface area contributed by atoms with Crippen LogP contribution < -0.4 is 11.1 Å². The van der Waals surface area contributed by atoms with Gasteiger partial charge in [0.2, 0.25) is 11.2 Å². The Hall–Kier alpha value is -2.67. The highest BCUT2D eigenvalue weighted by Gasteiger charge is 2.28. The van der Waals surface area contributed by atoms with Crippen LogP contribution in [0.2, 0.25) is 5.28 Å². The predicted octanol–water partition coefficient (Wildman–Crippen LogP) is 3.74. The van der Waals surface area contributed by atoms with Crippen LogP contribution in [0.4, 0.5) is 11.5 Å². The van der Waals surface area contributed by atoms with Crippen LogP contribution >= 0.6 is 11.6 Å². The fourth-order valence-corrected chi connectivity index (χ4v) is 3.93. The molecule has 8 heteroatoms. The molecule has 140 valence electrons. The number of halogens is 1. The Morgan fingerprint density at radius 1 is 1.26 bits per heavy atom. The lowest BCUT2D eigenvalue weighted by Gasteiger charge is -2.28. The molecule has 0 radical (unpaired) electrons. The molecule has 3 aromatic rings. The smallest absolute Gasteiger partial charge is 0.227 e. The molecule has 0 aliphatic heterocycles. The topological polar surface area (TPSA) is 98.7 Å². The second-order valence-electron chi connectivity index (χ2n) is 7.07. The Balaban J connectivity index is 1.44. The molecule has 1 aliphatic carbocycles. The minimum atomic E-state index is 0.0137. The van der Waals surface area contributed by atoms with Crippen LogP contribution in [-0.2, 0) is 4.79 Å². The van der Waals surface area contributed by atoms with Gasteiger partial charge in [0.05, 0.1) is 6.33 Å². The molecular weight excluding hydrogens is 364 g/mol. The van der Waals surface area contributed by atoms with E-state index in [1.165, 1.54) is 0 Å². The van der Waals surface area contributed by atoms with Crippen LogP contribution in [0.3, 0.4) is 0 Å². The largest absolute Gasteiger partial charge is 0.382 e. The number of imidazole rings is 1. The number of hydrogen-bond acceptors (Lipinski definition) is 5. The summed E-state index contributed by atoms with van der Waals surface area (Å²) in [5, 5.41) is 3.15. The predicted molar refractivity (Wildman–Crippen MR) is 106 cm³/mol. The zero-order chi connectivity index (χ0) is 19.0. The van der Waals surface area contributed by atoms with Crippen molar-refractivity contribution in [2.75, 3.05) is 11.1 Å². The van der Waals surface area contributed by atoms with Gasteiger partial charge in [-0.1, -0.05) is 12.1 Å². The Bertz CT molecular complexity index is 993. The van der Waals surface area contributed by atoms with E-state index in [2.05, 4.69) is 20.3 Å². The summed E-state index contributed by atoms with van der Waals surface area (Å²) in [6, 6.07) is 8.09. The highest BCUT2D eigenvalue weighted by molar-refractivity contribution is 6.28. The molecule has 0 atom stereocenters. The van der Waals surface area contributed by atoms with Crippen molar-refractivity contribution < 1.29 is 4.79 Å². The first kappa shape index (κ1) is 17.7. The lowest BCUT2D eigenvalue weighted by atomic mass is 9.85. The number of nitrogens with one attached hydrogen (secondary N) is 1. The van der Waals surface area contributed by atoms with Gasteiger partial charge in [0.1, 0.15) is 5.52 Å². The number of amides is 1. The maximum Gasteiger partial charge on any atom is 0.227 e. The molecule has 7 nitrogen and oxygen atoms in total. The molecule has 2 heterocycles. The number of aryl methyl sites for hydroxylation is 1. The minimum Gasteiger partial charge on any atom is -0.382 e. The second kappa shape index (κ2) is 7.15. The number of fused-ring (bicyclic) bond motifs is 1. The van der Waals surface area contributed by atoms with Gasteiger partial charge < -0.3 is 15.6 Å². The molecule has 1 amide bonds. The average molecular weight is 385 g/mol. The van der Waals surface area contributed by atoms with E-state index < -0.39 is 0 Å². The van der Waals surface area contributed by atoms with Crippen LogP contribution in [0.25, 0.3) is 11.2 Å². The van der Waals surface area contributed by atoms with Crippen molar-refractivity contribution in [2.24, 2.45) is 5.92 Å². The number of benzene rings is 1. The summed E-state index contributed by atoms with van der Waals surface area (Å²) in [7, 11) is 0. The van der Waals surface area contributed by atoms with Gasteiger partial charge in [-0.2, -0.15) is 9.97 Å². The number of aromatic nitrogens is 4. The van der Waals surface area contributed by atoms with Crippen molar-refractivity contribution in [3.8, 4) is 0 Å². The second-order valence-corrected chi connectivity index (χ2v) is 7.40. The first-order valence-corrected chi connectivity index (χ1v) is 9.42. The number of carbonyl (C=O) groups excluding carboxylic acids is 1. The molecule has 3 N–H and O–H groups in total. The summed E-state index contributed by atoms with van der Waals surface area (Å²) in [6.07, 6.45) is 5.12. The summed E-state index contributed by atoms with van der Waals surface area (Å²) >= 11 is 5.95. The number of nitrogens with two attached hydrogens (primary N) is 1. The molecule has 0 bridgehead atoms. The third-order valence-electron chi connectivity index (χ3n) is 5.17. The van der Waals surface area contributed by atoms with Gasteiger partial charge >= 0.3 is 0 Å². The summed E-state index contributed by atoms with van der Waals surface area (Å²) < 4.78 is 2.01. The lowest BCUT2D eigenvalue weighted by molar-refractivity contribution is -0.120. The summed E-state index contributed by atoms with van der Waals surface area (Å²) in [6.45, 7) is 2.01. The normalized spacial score (nSPS) is 19.9. The summed E-state index contributed by atoms with van der Waals surface area (Å²) in [5.41, 5.74) is 9.08. The monoisotopic (exact) mass is 384 g/mol. The molecule has 0 saturated heterocycles. The van der Waals surface area contributed by atoms with Crippen LogP contribution in [0.15, 0.2) is 30.6 Å². The molecule has 1 aromatic carbocycles. The number of carbonyl (C=O) groups is 1. The maximum atomic E-state index is 12.6. The van der Waals surface area contributed by atoms with Crippen molar-refractivity contribution >= 4 is 40.2 Å². The maximum absolute atomic E-state index is 12.6. The Kier molecular flexibility index (Phi) is 4.70. The summed E-state index contributed by atoms with van der Waals surface area (Å²) in [4.78, 5) is 25.1. The third kappa shape index (κ3) is 3.60. The number of hydrogen-bond donors (Lipinski definition) is 2. The van der Waals surface area contributed by atoms with Gasteiger partial charge in [0.25, 0.3) is 0 Å². The van der Waals surface area contributed by atoms with Crippen LogP contribution in [0.5, 0.6) is 0 Å². The van der Waals surface area contributed by atoms with E-state index in [-0.39, 0.29) is 29.0 Å². The first-order chi connectivity index (χ1) is 13.0. The molecule has 0 spiro atoms. The fourth-order valence-electron chi connectivity index (χ4n) is 3.76. The van der Waals surface area contributed by atoms with Gasteiger partial charge in [-0.25, -0.2) is 4.98 Å². The van der Waals surface area contributed by atoms with Crippen molar-refractivity contribution in [3.63, 3.8) is 0 Å². The first-order valence-electron chi connectivity index (χ1n) is 9.04. The zero-order valence-corrected chi connectivity index (χ0v) is 15.8. The van der Waals surface area contributed by atoms with Crippen LogP contribution in [0, 0.1) is 12.8 Å². The fraction of sp³-hybridized carbons (Fsp3) is 0.368. The minimum absolute atomic E-state index is 0.0137. The van der Waals surface area contributed by atoms with Crippen molar-refractivity contribution in [2.45, 2.75) is 38.6 Å². The average Bonchev–Trinajstić information content (AvgIpc) is 3.06. The van der Waals surface area contributed by atoms with Gasteiger partial charge in [-0.05, 0) is 61.9 Å². The Labute approximate surface area is 162 Å². The molecule has 27 heavy (non-hydrogen) atoms. The quantitative estimate of drug-likeness (QED) is 0.670. The molecule has 1 fully saturated rings. The van der Waals surface area contributed by atoms with E-state index >= 15 is 0 Å². The Morgan fingerprint density at radius 3 is 2.78 bits per heavy atom. The van der Waals surface area contributed by atoms with Crippen LogP contribution in [-0.4, -0.2) is 25.4 Å². The van der Waals surface area contributed by atoms with Gasteiger partial charge in [0.15, 0.2) is 11.5 Å². The lowest BCUT2D eigenvalue weighted by Crippen LogP contribution is -2.28. The van der Waals surface area contributed by atoms with E-state index in [1.807, 2.05) is 35.8 Å². The van der Waals surface area contributed by atoms with Crippen molar-refractivity contribution in [1.29, 1.82) is 0 Å². The third-order valence-corrected chi connectivity index (χ3v) is 5.34. The standard InChI is InChI=1S/C19H21ClN6O/c1-11-3-2-4-13(9-11)23-18(27)12-5-7-14(8-6-12)26-10-22-15-16(21)24-19(20)25-17(15)26/h2-4,9-10,12,14H,5-8H2,1H3,(H,23,27)(H2,21,24,25)/t12-,14+. The molecule has 1 aliphatic rings. The number of nitrogens with zero attached hydrogens (tertiary/aromatic N) is 4. The van der Waals surface area contributed by atoms with E-state index in [4.69, 9.17) is 17.3 Å². The van der Waals surface area contributed by atoms with E-state index in [0.29, 0.717) is 11.2 Å². The van der Waals surface area contributed by atoms with Crippen molar-refractivity contribution in [1.82, 2.24) is 19.5 Å². The van der Waals surface area contributed by atoms with E-state index in [0.717, 1.165) is 36.9 Å². The van der Waals surface area contributed by atoms with Gasteiger partial charge in [-0.15, -0.1) is 0 Å². The SMILES string of the molecule is Cc1cccc(NC(=O)[C@H]2CC[C@@H](n3cnc4c(N)nc(Cl)nc43)CC2)c1. The molecule has 4 rings (SSSR count). The molecule has 0 unspecified atom stereocenters.